The first kappa shape index (κ1) is 11.5. The van der Waals surface area contributed by atoms with Crippen LogP contribution < -0.4 is 5.32 Å². The Morgan fingerprint density at radius 2 is 2.00 bits per heavy atom. The van der Waals surface area contributed by atoms with Crippen LogP contribution in [0.15, 0.2) is 41.0 Å². The lowest BCUT2D eigenvalue weighted by molar-refractivity contribution is 0.463. The second kappa shape index (κ2) is 4.91. The molecule has 0 aliphatic carbocycles. The van der Waals surface area contributed by atoms with Gasteiger partial charge in [-0.25, -0.2) is 0 Å². The molecule has 1 aromatic carbocycles. The molecular weight excluding hydrogens is 245 g/mol. The van der Waals surface area contributed by atoms with Gasteiger partial charge in [-0.15, -0.1) is 0 Å². The highest BCUT2D eigenvalue weighted by atomic mass is 35.5. The summed E-state index contributed by atoms with van der Waals surface area (Å²) >= 11 is 11.9. The number of furan rings is 1. The van der Waals surface area contributed by atoms with E-state index in [0.29, 0.717) is 10.0 Å². The van der Waals surface area contributed by atoms with Crippen LogP contribution in [-0.4, -0.2) is 7.05 Å². The Hall–Kier alpha value is -0.960. The maximum atomic E-state index is 5.99. The van der Waals surface area contributed by atoms with Gasteiger partial charge in [0.1, 0.15) is 5.76 Å². The average molecular weight is 256 g/mol. The summed E-state index contributed by atoms with van der Waals surface area (Å²) in [6.45, 7) is 0. The average Bonchev–Trinajstić information content (AvgIpc) is 2.78. The predicted molar refractivity (Wildman–Crippen MR) is 66.1 cm³/mol. The van der Waals surface area contributed by atoms with Crippen molar-refractivity contribution in [2.45, 2.75) is 6.04 Å². The van der Waals surface area contributed by atoms with Gasteiger partial charge >= 0.3 is 0 Å². The smallest absolute Gasteiger partial charge is 0.125 e. The lowest BCUT2D eigenvalue weighted by atomic mass is 10.1. The molecule has 4 heteroatoms. The second-order valence-corrected chi connectivity index (χ2v) is 4.23. The molecule has 0 saturated carbocycles. The van der Waals surface area contributed by atoms with Crippen molar-refractivity contribution >= 4 is 23.2 Å². The van der Waals surface area contributed by atoms with E-state index in [0.717, 1.165) is 11.3 Å². The fraction of sp³-hybridized carbons (Fsp3) is 0.167. The third kappa shape index (κ3) is 2.24. The largest absolute Gasteiger partial charge is 0.467 e. The molecule has 1 unspecified atom stereocenters. The number of halogens is 2. The Morgan fingerprint density at radius 3 is 2.56 bits per heavy atom. The standard InChI is InChI=1S/C12H11Cl2NO/c1-15-12(11-3-2-6-16-11)8-4-5-9(13)10(14)7-8/h2-7,12,15H,1H3. The van der Waals surface area contributed by atoms with Crippen molar-refractivity contribution in [3.05, 3.63) is 58.0 Å². The molecule has 1 aromatic heterocycles. The van der Waals surface area contributed by atoms with E-state index >= 15 is 0 Å². The Morgan fingerprint density at radius 1 is 1.19 bits per heavy atom. The monoisotopic (exact) mass is 255 g/mol. The van der Waals surface area contributed by atoms with E-state index in [4.69, 9.17) is 27.6 Å². The molecule has 0 bridgehead atoms. The molecule has 0 spiro atoms. The van der Waals surface area contributed by atoms with E-state index < -0.39 is 0 Å². The quantitative estimate of drug-likeness (QED) is 0.901. The van der Waals surface area contributed by atoms with Crippen molar-refractivity contribution in [2.24, 2.45) is 0 Å². The molecular formula is C12H11Cl2NO. The molecule has 0 saturated heterocycles. The first-order valence-corrected chi connectivity index (χ1v) is 5.63. The summed E-state index contributed by atoms with van der Waals surface area (Å²) in [5.74, 6) is 0.848. The number of hydrogen-bond donors (Lipinski definition) is 1. The predicted octanol–water partition coefficient (Wildman–Crippen LogP) is 3.90. The van der Waals surface area contributed by atoms with Crippen molar-refractivity contribution in [3.63, 3.8) is 0 Å². The van der Waals surface area contributed by atoms with Crippen LogP contribution in [0.2, 0.25) is 10.0 Å². The van der Waals surface area contributed by atoms with Gasteiger partial charge in [-0.2, -0.15) is 0 Å². The molecule has 0 aliphatic rings. The van der Waals surface area contributed by atoms with Gasteiger partial charge in [0, 0.05) is 0 Å². The maximum absolute atomic E-state index is 5.99. The fourth-order valence-corrected chi connectivity index (χ4v) is 1.93. The summed E-state index contributed by atoms with van der Waals surface area (Å²) in [4.78, 5) is 0. The Bertz CT molecular complexity index is 468. The van der Waals surface area contributed by atoms with Gasteiger partial charge in [0.05, 0.1) is 22.4 Å². The van der Waals surface area contributed by atoms with Gasteiger partial charge in [-0.3, -0.25) is 0 Å². The summed E-state index contributed by atoms with van der Waals surface area (Å²) in [6, 6.07) is 9.32. The van der Waals surface area contributed by atoms with Crippen LogP contribution in [0.5, 0.6) is 0 Å². The Kier molecular flexibility index (Phi) is 3.54. The maximum Gasteiger partial charge on any atom is 0.125 e. The highest BCUT2D eigenvalue weighted by Crippen LogP contribution is 2.28. The first-order valence-electron chi connectivity index (χ1n) is 4.88. The Labute approximate surface area is 104 Å². The fourth-order valence-electron chi connectivity index (χ4n) is 1.62. The molecule has 2 nitrogen and oxygen atoms in total. The highest BCUT2D eigenvalue weighted by molar-refractivity contribution is 6.42. The lowest BCUT2D eigenvalue weighted by Crippen LogP contribution is -2.16. The van der Waals surface area contributed by atoms with Crippen LogP contribution in [0.3, 0.4) is 0 Å². The van der Waals surface area contributed by atoms with Crippen molar-refractivity contribution in [3.8, 4) is 0 Å². The molecule has 2 rings (SSSR count). The summed E-state index contributed by atoms with van der Waals surface area (Å²) < 4.78 is 5.37. The van der Waals surface area contributed by atoms with Gasteiger partial charge in [0.25, 0.3) is 0 Å². The van der Waals surface area contributed by atoms with E-state index in [1.807, 2.05) is 31.3 Å². The third-order valence-electron chi connectivity index (χ3n) is 2.39. The van der Waals surface area contributed by atoms with E-state index in [2.05, 4.69) is 5.32 Å². The normalized spacial score (nSPS) is 12.7. The molecule has 0 radical (unpaired) electrons. The first-order chi connectivity index (χ1) is 7.72. The zero-order valence-corrected chi connectivity index (χ0v) is 10.2. The molecule has 2 aromatic rings. The molecule has 0 amide bonds. The van der Waals surface area contributed by atoms with Crippen molar-refractivity contribution in [2.75, 3.05) is 7.05 Å². The van der Waals surface area contributed by atoms with E-state index in [-0.39, 0.29) is 6.04 Å². The van der Waals surface area contributed by atoms with E-state index in [1.54, 1.807) is 12.3 Å². The zero-order chi connectivity index (χ0) is 11.5. The van der Waals surface area contributed by atoms with Crippen molar-refractivity contribution in [1.29, 1.82) is 0 Å². The van der Waals surface area contributed by atoms with Crippen LogP contribution in [0.1, 0.15) is 17.4 Å². The van der Waals surface area contributed by atoms with Gasteiger partial charge in [0.2, 0.25) is 0 Å². The van der Waals surface area contributed by atoms with E-state index in [1.165, 1.54) is 0 Å². The van der Waals surface area contributed by atoms with Crippen LogP contribution in [-0.2, 0) is 0 Å². The summed E-state index contributed by atoms with van der Waals surface area (Å²) in [5.41, 5.74) is 1.02. The number of rotatable bonds is 3. The Balaban J connectivity index is 2.37. The van der Waals surface area contributed by atoms with Crippen molar-refractivity contribution < 1.29 is 4.42 Å². The minimum absolute atomic E-state index is 0.00948. The summed E-state index contributed by atoms with van der Waals surface area (Å²) in [7, 11) is 1.87. The molecule has 1 atom stereocenters. The van der Waals surface area contributed by atoms with Crippen LogP contribution >= 0.6 is 23.2 Å². The minimum Gasteiger partial charge on any atom is -0.467 e. The SMILES string of the molecule is CNC(c1ccc(Cl)c(Cl)c1)c1ccco1. The van der Waals surface area contributed by atoms with Crippen LogP contribution in [0.4, 0.5) is 0 Å². The number of hydrogen-bond acceptors (Lipinski definition) is 2. The number of benzene rings is 1. The molecule has 16 heavy (non-hydrogen) atoms. The zero-order valence-electron chi connectivity index (χ0n) is 8.71. The molecule has 0 fully saturated rings. The molecule has 84 valence electrons. The van der Waals surface area contributed by atoms with E-state index in [9.17, 15) is 0 Å². The lowest BCUT2D eigenvalue weighted by Gasteiger charge is -2.14. The third-order valence-corrected chi connectivity index (χ3v) is 3.13. The van der Waals surface area contributed by atoms with Gasteiger partial charge < -0.3 is 9.73 Å². The second-order valence-electron chi connectivity index (χ2n) is 3.41. The van der Waals surface area contributed by atoms with Gasteiger partial charge in [-0.05, 0) is 36.9 Å². The van der Waals surface area contributed by atoms with Crippen LogP contribution in [0.25, 0.3) is 0 Å². The van der Waals surface area contributed by atoms with Crippen LogP contribution in [0, 0.1) is 0 Å². The molecule has 1 N–H and O–H groups in total. The summed E-state index contributed by atoms with van der Waals surface area (Å²) in [6.07, 6.45) is 1.65. The van der Waals surface area contributed by atoms with Crippen molar-refractivity contribution in [1.82, 2.24) is 5.32 Å². The summed E-state index contributed by atoms with van der Waals surface area (Å²) in [5, 5.41) is 4.27. The van der Waals surface area contributed by atoms with Gasteiger partial charge in [0.15, 0.2) is 0 Å². The minimum atomic E-state index is -0.00948. The molecule has 1 heterocycles. The van der Waals surface area contributed by atoms with Gasteiger partial charge in [-0.1, -0.05) is 29.3 Å². The molecule has 0 aliphatic heterocycles. The number of nitrogens with one attached hydrogen (secondary N) is 1. The topological polar surface area (TPSA) is 25.2 Å². The highest BCUT2D eigenvalue weighted by Gasteiger charge is 2.15.